The monoisotopic (exact) mass is 353 g/mol. The van der Waals surface area contributed by atoms with Crippen molar-refractivity contribution in [3.63, 3.8) is 0 Å². The summed E-state index contributed by atoms with van der Waals surface area (Å²) in [6, 6.07) is 27.0. The third-order valence-corrected chi connectivity index (χ3v) is 3.78. The Labute approximate surface area is 152 Å². The van der Waals surface area contributed by atoms with Crippen molar-refractivity contribution in [2.24, 2.45) is 0 Å². The zero-order chi connectivity index (χ0) is 17.9. The van der Waals surface area contributed by atoms with Gasteiger partial charge in [0.05, 0.1) is 5.97 Å². The van der Waals surface area contributed by atoms with Gasteiger partial charge in [-0.3, -0.25) is 0 Å². The standard InChI is InChI=1S/C14H15N.C7H5ClO2/c1-3-7-13(8-4-1)11-15-12-14-9-5-2-6-10-14;8-6-3-1-5(2-4-6)7(9)10/h1-10,15H,11-12H2;1-4H,(H,9,10). The van der Waals surface area contributed by atoms with Crippen molar-refractivity contribution in [1.29, 1.82) is 0 Å². The zero-order valence-electron chi connectivity index (χ0n) is 13.8. The summed E-state index contributed by atoms with van der Waals surface area (Å²) in [7, 11) is 0. The quantitative estimate of drug-likeness (QED) is 0.766. The Balaban J connectivity index is 0.000000196. The normalized spacial score (nSPS) is 9.80. The van der Waals surface area contributed by atoms with Gasteiger partial charge in [-0.1, -0.05) is 84.4 Å². The average molecular weight is 354 g/mol. The summed E-state index contributed by atoms with van der Waals surface area (Å²) in [4.78, 5) is 10.2. The lowest BCUT2D eigenvalue weighted by molar-refractivity contribution is -0.686. The van der Waals surface area contributed by atoms with Gasteiger partial charge in [0.1, 0.15) is 13.1 Å². The van der Waals surface area contributed by atoms with Gasteiger partial charge in [-0.15, -0.1) is 0 Å². The maximum absolute atomic E-state index is 10.2. The fourth-order valence-electron chi connectivity index (χ4n) is 2.22. The van der Waals surface area contributed by atoms with Crippen molar-refractivity contribution < 1.29 is 15.2 Å². The van der Waals surface area contributed by atoms with Crippen molar-refractivity contribution >= 4 is 17.6 Å². The molecule has 2 N–H and O–H groups in total. The number of carboxylic acid groups (broad SMARTS) is 1. The van der Waals surface area contributed by atoms with Gasteiger partial charge in [0.25, 0.3) is 0 Å². The zero-order valence-corrected chi connectivity index (χ0v) is 14.5. The van der Waals surface area contributed by atoms with E-state index >= 15 is 0 Å². The first kappa shape index (κ1) is 18.7. The van der Waals surface area contributed by atoms with Crippen LogP contribution >= 0.6 is 11.6 Å². The number of hydrogen-bond acceptors (Lipinski definition) is 2. The molecule has 3 aromatic carbocycles. The van der Waals surface area contributed by atoms with Crippen LogP contribution in [0.2, 0.25) is 5.02 Å². The number of rotatable bonds is 5. The molecule has 0 amide bonds. The largest absolute Gasteiger partial charge is 0.545 e. The van der Waals surface area contributed by atoms with Gasteiger partial charge in [0, 0.05) is 16.1 Å². The Morgan fingerprint density at radius 3 is 1.60 bits per heavy atom. The molecule has 3 rings (SSSR count). The van der Waals surface area contributed by atoms with Gasteiger partial charge in [0.15, 0.2) is 0 Å². The summed E-state index contributed by atoms with van der Waals surface area (Å²) in [5.41, 5.74) is 2.91. The molecule has 0 saturated carbocycles. The highest BCUT2D eigenvalue weighted by Crippen LogP contribution is 2.08. The minimum Gasteiger partial charge on any atom is -0.545 e. The van der Waals surface area contributed by atoms with E-state index in [9.17, 15) is 9.90 Å². The van der Waals surface area contributed by atoms with Crippen LogP contribution in [0, 0.1) is 0 Å². The first-order chi connectivity index (χ1) is 12.1. The molecule has 4 heteroatoms. The summed E-state index contributed by atoms with van der Waals surface area (Å²) < 4.78 is 0. The Morgan fingerprint density at radius 2 is 1.20 bits per heavy atom. The summed E-state index contributed by atoms with van der Waals surface area (Å²) in [5, 5.41) is 13.0. The van der Waals surface area contributed by atoms with Crippen LogP contribution in [0.1, 0.15) is 21.5 Å². The lowest BCUT2D eigenvalue weighted by Crippen LogP contribution is -2.80. The van der Waals surface area contributed by atoms with E-state index in [0.717, 1.165) is 13.1 Å². The molecule has 0 spiro atoms. The number of halogens is 1. The van der Waals surface area contributed by atoms with Crippen LogP contribution in [-0.4, -0.2) is 5.97 Å². The highest BCUT2D eigenvalue weighted by atomic mass is 35.5. The van der Waals surface area contributed by atoms with E-state index < -0.39 is 5.97 Å². The molecule has 0 unspecified atom stereocenters. The fourth-order valence-corrected chi connectivity index (χ4v) is 2.35. The lowest BCUT2D eigenvalue weighted by atomic mass is 10.2. The third kappa shape index (κ3) is 7.21. The predicted octanol–water partition coefficient (Wildman–Crippen LogP) is 2.65. The van der Waals surface area contributed by atoms with Gasteiger partial charge in [-0.25, -0.2) is 0 Å². The molecule has 3 aromatic rings. The molecule has 0 aliphatic carbocycles. The minimum atomic E-state index is -1.18. The number of aromatic carboxylic acids is 1. The number of carbonyl (C=O) groups is 1. The van der Waals surface area contributed by atoms with Crippen LogP contribution in [0.3, 0.4) is 0 Å². The summed E-state index contributed by atoms with van der Waals surface area (Å²) >= 11 is 5.50. The number of carboxylic acids is 1. The van der Waals surface area contributed by atoms with Crippen LogP contribution in [0.5, 0.6) is 0 Å². The van der Waals surface area contributed by atoms with Gasteiger partial charge in [-0.2, -0.15) is 0 Å². The number of quaternary nitrogens is 1. The summed E-state index contributed by atoms with van der Waals surface area (Å²) in [5.74, 6) is -1.18. The molecule has 0 saturated heterocycles. The molecular weight excluding hydrogens is 334 g/mol. The Hall–Kier alpha value is -2.62. The smallest absolute Gasteiger partial charge is 0.101 e. The SMILES string of the molecule is O=C([O-])c1ccc(Cl)cc1.c1ccc(C[NH2+]Cc2ccccc2)cc1. The topological polar surface area (TPSA) is 56.7 Å². The van der Waals surface area contributed by atoms with E-state index in [1.807, 2.05) is 0 Å². The van der Waals surface area contributed by atoms with E-state index in [4.69, 9.17) is 11.6 Å². The van der Waals surface area contributed by atoms with Crippen molar-refractivity contribution in [3.05, 3.63) is 107 Å². The van der Waals surface area contributed by atoms with Crippen molar-refractivity contribution in [1.82, 2.24) is 0 Å². The molecule has 0 heterocycles. The molecule has 25 heavy (non-hydrogen) atoms. The van der Waals surface area contributed by atoms with Crippen molar-refractivity contribution in [2.75, 3.05) is 0 Å². The van der Waals surface area contributed by atoms with Gasteiger partial charge in [-0.05, 0) is 17.7 Å². The Kier molecular flexibility index (Phi) is 7.70. The third-order valence-electron chi connectivity index (χ3n) is 3.53. The van der Waals surface area contributed by atoms with Crippen LogP contribution in [0.4, 0.5) is 0 Å². The highest BCUT2D eigenvalue weighted by molar-refractivity contribution is 6.30. The van der Waals surface area contributed by atoms with Gasteiger partial charge >= 0.3 is 0 Å². The first-order valence-corrected chi connectivity index (χ1v) is 8.39. The van der Waals surface area contributed by atoms with Crippen LogP contribution in [0.15, 0.2) is 84.9 Å². The molecule has 0 fully saturated rings. The van der Waals surface area contributed by atoms with E-state index in [1.54, 1.807) is 0 Å². The van der Waals surface area contributed by atoms with E-state index in [1.165, 1.54) is 35.4 Å². The van der Waals surface area contributed by atoms with Gasteiger partial charge in [0.2, 0.25) is 0 Å². The number of nitrogens with two attached hydrogens (primary N) is 1. The fraction of sp³-hybridized carbons (Fsp3) is 0.0952. The average Bonchev–Trinajstić information content (AvgIpc) is 2.64. The predicted molar refractivity (Wildman–Crippen MR) is 98.0 cm³/mol. The molecule has 0 aromatic heterocycles. The second kappa shape index (κ2) is 10.3. The molecule has 0 bridgehead atoms. The maximum atomic E-state index is 10.2. The van der Waals surface area contributed by atoms with Gasteiger partial charge < -0.3 is 15.2 Å². The molecule has 0 aliphatic rings. The number of carbonyl (C=O) groups excluding carboxylic acids is 1. The molecule has 0 aliphatic heterocycles. The second-order valence-corrected chi connectivity index (χ2v) is 5.90. The van der Waals surface area contributed by atoms with Crippen molar-refractivity contribution in [2.45, 2.75) is 13.1 Å². The summed E-state index contributed by atoms with van der Waals surface area (Å²) in [6.07, 6.45) is 0. The maximum Gasteiger partial charge on any atom is 0.101 e. The van der Waals surface area contributed by atoms with Crippen LogP contribution in [0.25, 0.3) is 0 Å². The lowest BCUT2D eigenvalue weighted by Gasteiger charge is -2.01. The summed E-state index contributed by atoms with van der Waals surface area (Å²) in [6.45, 7) is 2.10. The Bertz CT molecular complexity index is 719. The van der Waals surface area contributed by atoms with Crippen molar-refractivity contribution in [3.8, 4) is 0 Å². The van der Waals surface area contributed by atoms with E-state index in [0.29, 0.717) is 5.02 Å². The molecular formula is C21H20ClNO2. The minimum absolute atomic E-state index is 0.143. The van der Waals surface area contributed by atoms with E-state index in [-0.39, 0.29) is 5.56 Å². The highest BCUT2D eigenvalue weighted by Gasteiger charge is 1.95. The number of hydrogen-bond donors (Lipinski definition) is 1. The van der Waals surface area contributed by atoms with Crippen LogP contribution < -0.4 is 10.4 Å². The molecule has 0 radical (unpaired) electrons. The molecule has 128 valence electrons. The Morgan fingerprint density at radius 1 is 0.760 bits per heavy atom. The molecule has 0 atom stereocenters. The first-order valence-electron chi connectivity index (χ1n) is 8.01. The number of benzene rings is 3. The van der Waals surface area contributed by atoms with Crippen LogP contribution in [-0.2, 0) is 13.1 Å². The van der Waals surface area contributed by atoms with E-state index in [2.05, 4.69) is 66.0 Å². The second-order valence-electron chi connectivity index (χ2n) is 5.46. The molecule has 3 nitrogen and oxygen atoms in total.